The summed E-state index contributed by atoms with van der Waals surface area (Å²) in [5.74, 6) is -0.872. The number of Topliss-reactive ketones (excluding diaryl/α,β-unsaturated/α-hetero) is 1. The molecule has 0 saturated carbocycles. The fourth-order valence-electron chi connectivity index (χ4n) is 1.93. The minimum absolute atomic E-state index is 0.0983. The van der Waals surface area contributed by atoms with Crippen LogP contribution in [0.4, 0.5) is 0 Å². The monoisotopic (exact) mass is 392 g/mol. The number of carbonyl (C=O) groups is 2. The van der Waals surface area contributed by atoms with Gasteiger partial charge in [0.15, 0.2) is 22.2 Å². The van der Waals surface area contributed by atoms with Crippen molar-refractivity contribution in [2.45, 2.75) is 39.0 Å². The van der Waals surface area contributed by atoms with Crippen molar-refractivity contribution in [1.82, 2.24) is 0 Å². The van der Waals surface area contributed by atoms with Crippen molar-refractivity contribution in [2.24, 2.45) is 0 Å². The molecule has 0 aliphatic carbocycles. The molecule has 0 amide bonds. The third kappa shape index (κ3) is 9.15. The summed E-state index contributed by atoms with van der Waals surface area (Å²) in [6.45, 7) is 7.63. The molecule has 5 nitrogen and oxygen atoms in total. The normalized spacial score (nSPS) is 9.81. The molecule has 0 radical (unpaired) electrons. The van der Waals surface area contributed by atoms with Crippen molar-refractivity contribution in [3.8, 4) is 0 Å². The Morgan fingerprint density at radius 2 is 1.37 bits per heavy atom. The van der Waals surface area contributed by atoms with Gasteiger partial charge in [-0.2, -0.15) is 0 Å². The Morgan fingerprint density at radius 1 is 0.852 bits per heavy atom. The van der Waals surface area contributed by atoms with Gasteiger partial charge in [0.2, 0.25) is 0 Å². The van der Waals surface area contributed by atoms with E-state index in [2.05, 4.69) is 0 Å². The predicted octanol–water partition coefficient (Wildman–Crippen LogP) is 4.11. The average molecular weight is 393 g/mol. The molecule has 2 aromatic rings. The van der Waals surface area contributed by atoms with Gasteiger partial charge in [-0.15, -0.1) is 0 Å². The zero-order valence-electron chi connectivity index (χ0n) is 16.6. The van der Waals surface area contributed by atoms with E-state index in [9.17, 15) is 18.0 Å². The summed E-state index contributed by atoms with van der Waals surface area (Å²) in [6, 6.07) is 14.6. The molecule has 0 bridgehead atoms. The molecule has 0 N–H and O–H groups in total. The van der Waals surface area contributed by atoms with Gasteiger partial charge >= 0.3 is 5.97 Å². The van der Waals surface area contributed by atoms with Crippen molar-refractivity contribution < 1.29 is 22.7 Å². The van der Waals surface area contributed by atoms with Crippen LogP contribution in [0.3, 0.4) is 0 Å². The molecule has 0 spiro atoms. The highest BCUT2D eigenvalue weighted by Crippen LogP contribution is 2.11. The first-order chi connectivity index (χ1) is 12.9. The summed E-state index contributed by atoms with van der Waals surface area (Å²) in [7, 11) is -3.30. The zero-order chi connectivity index (χ0) is 20.9. The minimum atomic E-state index is -3.30. The van der Waals surface area contributed by atoms with Crippen LogP contribution < -0.4 is 0 Å². The van der Waals surface area contributed by atoms with Gasteiger partial charge in [-0.05, 0) is 29.8 Å². The summed E-state index contributed by atoms with van der Waals surface area (Å²) in [5, 5.41) is 0. The van der Waals surface area contributed by atoms with Crippen LogP contribution in [0.25, 0.3) is 0 Å². The highest BCUT2D eigenvalue weighted by molar-refractivity contribution is 7.90. The fraction of sp³-hybridized carbons (Fsp3) is 0.333. The number of benzene rings is 2. The van der Waals surface area contributed by atoms with Crippen molar-refractivity contribution in [2.75, 3.05) is 12.9 Å². The van der Waals surface area contributed by atoms with Gasteiger partial charge < -0.3 is 4.74 Å². The predicted molar refractivity (Wildman–Crippen MR) is 108 cm³/mol. The minimum Gasteiger partial charge on any atom is -0.457 e. The van der Waals surface area contributed by atoms with E-state index in [1.807, 2.05) is 45.9 Å². The number of esters is 1. The number of sulfone groups is 1. The highest BCUT2D eigenvalue weighted by Gasteiger charge is 2.12. The first kappa shape index (κ1) is 24.5. The molecular weight excluding hydrogens is 364 g/mol. The van der Waals surface area contributed by atoms with E-state index in [0.29, 0.717) is 5.56 Å². The lowest BCUT2D eigenvalue weighted by atomic mass is 10.1. The van der Waals surface area contributed by atoms with E-state index in [4.69, 9.17) is 4.74 Å². The second kappa shape index (κ2) is 12.8. The summed E-state index contributed by atoms with van der Waals surface area (Å²) in [5.41, 5.74) is 1.10. The molecular formula is C21H28O5S. The maximum Gasteiger partial charge on any atom is 0.310 e. The first-order valence-electron chi connectivity index (χ1n) is 8.89. The summed E-state index contributed by atoms with van der Waals surface area (Å²) in [4.78, 5) is 23.8. The molecule has 0 aliphatic heterocycles. The average Bonchev–Trinajstić information content (AvgIpc) is 2.69. The van der Waals surface area contributed by atoms with Crippen LogP contribution in [0.2, 0.25) is 0 Å². The molecule has 0 heterocycles. The number of hydrogen-bond acceptors (Lipinski definition) is 5. The molecule has 0 fully saturated rings. The first-order valence-corrected chi connectivity index (χ1v) is 10.8. The molecule has 27 heavy (non-hydrogen) atoms. The highest BCUT2D eigenvalue weighted by atomic mass is 32.2. The summed E-state index contributed by atoms with van der Waals surface area (Å²) < 4.78 is 27.6. The van der Waals surface area contributed by atoms with E-state index in [1.54, 1.807) is 12.1 Å². The smallest absolute Gasteiger partial charge is 0.310 e. The van der Waals surface area contributed by atoms with Gasteiger partial charge in [0.1, 0.15) is 0 Å². The maximum absolute atomic E-state index is 11.9. The summed E-state index contributed by atoms with van der Waals surface area (Å²) in [6.07, 6.45) is 1.19. The van der Waals surface area contributed by atoms with Crippen molar-refractivity contribution in [3.05, 3.63) is 65.7 Å². The number of hydrogen-bond donors (Lipinski definition) is 0. The standard InChI is InChI=1S/C17H16O5S.2C2H6/c1-23(20,21)15-9-7-14(8-10-15)16(18)12-22-17(19)11-13-5-3-2-4-6-13;2*1-2/h2-10H,11-12H2,1H3;2*1-2H3. The third-order valence-corrected chi connectivity index (χ3v) is 4.29. The van der Waals surface area contributed by atoms with E-state index in [1.165, 1.54) is 24.3 Å². The molecule has 2 aromatic carbocycles. The van der Waals surface area contributed by atoms with Gasteiger partial charge in [-0.3, -0.25) is 9.59 Å². The van der Waals surface area contributed by atoms with Crippen LogP contribution in [0.1, 0.15) is 43.6 Å². The third-order valence-electron chi connectivity index (χ3n) is 3.16. The Morgan fingerprint density at radius 3 is 1.85 bits per heavy atom. The molecule has 148 valence electrons. The second-order valence-electron chi connectivity index (χ2n) is 5.04. The Balaban J connectivity index is 0.00000158. The molecule has 6 heteroatoms. The van der Waals surface area contributed by atoms with Crippen molar-refractivity contribution in [3.63, 3.8) is 0 Å². The van der Waals surface area contributed by atoms with Gasteiger partial charge in [-0.25, -0.2) is 8.42 Å². The fourth-order valence-corrected chi connectivity index (χ4v) is 2.56. The van der Waals surface area contributed by atoms with Crippen LogP contribution in [-0.4, -0.2) is 33.0 Å². The van der Waals surface area contributed by atoms with Gasteiger partial charge in [0.05, 0.1) is 11.3 Å². The maximum atomic E-state index is 11.9. The lowest BCUT2D eigenvalue weighted by Crippen LogP contribution is -2.15. The second-order valence-corrected chi connectivity index (χ2v) is 7.06. The summed E-state index contributed by atoms with van der Waals surface area (Å²) >= 11 is 0. The Labute approximate surface area is 162 Å². The number of ketones is 1. The van der Waals surface area contributed by atoms with E-state index in [-0.39, 0.29) is 23.7 Å². The van der Waals surface area contributed by atoms with Gasteiger partial charge in [0, 0.05) is 11.8 Å². The Kier molecular flexibility index (Phi) is 11.6. The topological polar surface area (TPSA) is 77.5 Å². The molecule has 0 atom stereocenters. The molecule has 0 saturated heterocycles. The van der Waals surface area contributed by atoms with Crippen LogP contribution in [0, 0.1) is 0 Å². The quantitative estimate of drug-likeness (QED) is 0.546. The number of carbonyl (C=O) groups excluding carboxylic acids is 2. The number of ether oxygens (including phenoxy) is 1. The lowest BCUT2D eigenvalue weighted by molar-refractivity contribution is -0.141. The van der Waals surface area contributed by atoms with E-state index in [0.717, 1.165) is 11.8 Å². The van der Waals surface area contributed by atoms with Crippen LogP contribution in [0.15, 0.2) is 59.5 Å². The molecule has 0 aliphatic rings. The van der Waals surface area contributed by atoms with Gasteiger partial charge in [0.25, 0.3) is 0 Å². The number of rotatable bonds is 6. The molecule has 2 rings (SSSR count). The Hall–Kier alpha value is -2.47. The van der Waals surface area contributed by atoms with Crippen LogP contribution in [-0.2, 0) is 25.8 Å². The molecule has 0 unspecified atom stereocenters. The van der Waals surface area contributed by atoms with Crippen LogP contribution in [0.5, 0.6) is 0 Å². The van der Waals surface area contributed by atoms with Crippen LogP contribution >= 0.6 is 0 Å². The Bertz CT molecular complexity index is 794. The zero-order valence-corrected chi connectivity index (χ0v) is 17.4. The largest absolute Gasteiger partial charge is 0.457 e. The molecule has 0 aromatic heterocycles. The van der Waals surface area contributed by atoms with Crippen molar-refractivity contribution in [1.29, 1.82) is 0 Å². The van der Waals surface area contributed by atoms with E-state index >= 15 is 0 Å². The SMILES string of the molecule is CC.CC.CS(=O)(=O)c1ccc(C(=O)COC(=O)Cc2ccccc2)cc1. The lowest BCUT2D eigenvalue weighted by Gasteiger charge is -2.05. The van der Waals surface area contributed by atoms with Crippen molar-refractivity contribution >= 4 is 21.6 Å². The van der Waals surface area contributed by atoms with E-state index < -0.39 is 15.8 Å². The van der Waals surface area contributed by atoms with Gasteiger partial charge in [-0.1, -0.05) is 58.0 Å².